The van der Waals surface area contributed by atoms with Crippen LogP contribution < -0.4 is 5.32 Å². The standard InChI is InChI=1S/C10H17F2NS/c11-10(12)4-1-8(2-5-10)13-9-3-6-14-7-9/h8-9,13H,1-7H2/t9-/m1/s1. The average molecular weight is 221 g/mol. The molecule has 0 amide bonds. The summed E-state index contributed by atoms with van der Waals surface area (Å²) in [6, 6.07) is 0.926. The van der Waals surface area contributed by atoms with Crippen molar-refractivity contribution in [3.8, 4) is 0 Å². The van der Waals surface area contributed by atoms with Crippen LogP contribution >= 0.6 is 11.8 Å². The summed E-state index contributed by atoms with van der Waals surface area (Å²) < 4.78 is 25.7. The lowest BCUT2D eigenvalue weighted by Crippen LogP contribution is -2.42. The van der Waals surface area contributed by atoms with Crippen LogP contribution in [0, 0.1) is 0 Å². The lowest BCUT2D eigenvalue weighted by atomic mass is 9.92. The normalized spacial score (nSPS) is 33.4. The van der Waals surface area contributed by atoms with E-state index in [9.17, 15) is 8.78 Å². The molecule has 1 atom stereocenters. The van der Waals surface area contributed by atoms with Gasteiger partial charge < -0.3 is 5.32 Å². The van der Waals surface area contributed by atoms with Gasteiger partial charge in [0.25, 0.3) is 0 Å². The van der Waals surface area contributed by atoms with E-state index in [1.165, 1.54) is 12.2 Å². The van der Waals surface area contributed by atoms with Crippen molar-refractivity contribution in [2.24, 2.45) is 0 Å². The number of thioether (sulfide) groups is 1. The zero-order chi connectivity index (χ0) is 10.0. The molecule has 0 aromatic carbocycles. The van der Waals surface area contributed by atoms with Gasteiger partial charge in [-0.05, 0) is 25.0 Å². The number of nitrogens with one attached hydrogen (secondary N) is 1. The molecule has 2 aliphatic rings. The summed E-state index contributed by atoms with van der Waals surface area (Å²) >= 11 is 1.96. The lowest BCUT2D eigenvalue weighted by Gasteiger charge is -2.30. The summed E-state index contributed by atoms with van der Waals surface area (Å²) in [5.74, 6) is -0.00392. The topological polar surface area (TPSA) is 12.0 Å². The van der Waals surface area contributed by atoms with Crippen molar-refractivity contribution in [2.75, 3.05) is 11.5 Å². The molecule has 4 heteroatoms. The maximum atomic E-state index is 12.9. The van der Waals surface area contributed by atoms with Gasteiger partial charge in [0, 0.05) is 30.7 Å². The number of alkyl halides is 2. The van der Waals surface area contributed by atoms with Crippen LogP contribution in [0.4, 0.5) is 8.78 Å². The molecule has 14 heavy (non-hydrogen) atoms. The summed E-state index contributed by atoms with van der Waals surface area (Å²) in [6.07, 6.45) is 2.65. The van der Waals surface area contributed by atoms with Gasteiger partial charge in [-0.2, -0.15) is 11.8 Å². The van der Waals surface area contributed by atoms with E-state index < -0.39 is 5.92 Å². The Bertz CT molecular complexity index is 183. The molecule has 0 spiro atoms. The first kappa shape index (κ1) is 10.7. The fourth-order valence-electron chi connectivity index (χ4n) is 2.21. The summed E-state index contributed by atoms with van der Waals surface area (Å²) in [6.45, 7) is 0. The van der Waals surface area contributed by atoms with Crippen molar-refractivity contribution in [3.63, 3.8) is 0 Å². The molecule has 1 nitrogen and oxygen atoms in total. The van der Waals surface area contributed by atoms with Crippen LogP contribution in [0.3, 0.4) is 0 Å². The van der Waals surface area contributed by atoms with Gasteiger partial charge in [0.1, 0.15) is 0 Å². The van der Waals surface area contributed by atoms with Crippen molar-refractivity contribution >= 4 is 11.8 Å². The maximum absolute atomic E-state index is 12.9. The Kier molecular flexibility index (Phi) is 3.32. The van der Waals surface area contributed by atoms with Crippen molar-refractivity contribution < 1.29 is 8.78 Å². The minimum atomic E-state index is -2.39. The molecule has 1 aliphatic carbocycles. The summed E-state index contributed by atoms with van der Waals surface area (Å²) in [5.41, 5.74) is 0. The van der Waals surface area contributed by atoms with E-state index >= 15 is 0 Å². The second-order valence-electron chi connectivity index (χ2n) is 4.36. The summed E-state index contributed by atoms with van der Waals surface area (Å²) in [4.78, 5) is 0. The third kappa shape index (κ3) is 2.83. The third-order valence-corrected chi connectivity index (χ3v) is 4.28. The number of halogens is 2. The molecule has 1 heterocycles. The number of hydrogen-bond donors (Lipinski definition) is 1. The molecule has 0 bridgehead atoms. The van der Waals surface area contributed by atoms with Crippen LogP contribution in [-0.2, 0) is 0 Å². The largest absolute Gasteiger partial charge is 0.310 e. The van der Waals surface area contributed by atoms with Crippen LogP contribution in [0.5, 0.6) is 0 Å². The molecule has 0 unspecified atom stereocenters. The molecule has 1 N–H and O–H groups in total. The zero-order valence-electron chi connectivity index (χ0n) is 8.27. The predicted octanol–water partition coefficient (Wildman–Crippen LogP) is 2.66. The molecule has 82 valence electrons. The van der Waals surface area contributed by atoms with Crippen LogP contribution in [0.15, 0.2) is 0 Å². The van der Waals surface area contributed by atoms with Crippen molar-refractivity contribution in [2.45, 2.75) is 50.1 Å². The Morgan fingerprint density at radius 3 is 2.36 bits per heavy atom. The first-order chi connectivity index (χ1) is 6.66. The number of hydrogen-bond acceptors (Lipinski definition) is 2. The van der Waals surface area contributed by atoms with Crippen molar-refractivity contribution in [1.29, 1.82) is 0 Å². The Labute approximate surface area is 88.0 Å². The van der Waals surface area contributed by atoms with Crippen molar-refractivity contribution in [1.82, 2.24) is 5.32 Å². The van der Waals surface area contributed by atoms with E-state index in [-0.39, 0.29) is 12.8 Å². The van der Waals surface area contributed by atoms with Gasteiger partial charge in [-0.25, -0.2) is 8.78 Å². The van der Waals surface area contributed by atoms with Crippen LogP contribution in [-0.4, -0.2) is 29.5 Å². The molecule has 2 fully saturated rings. The van der Waals surface area contributed by atoms with Gasteiger partial charge in [-0.3, -0.25) is 0 Å². The lowest BCUT2D eigenvalue weighted by molar-refractivity contribution is -0.0410. The highest BCUT2D eigenvalue weighted by Crippen LogP contribution is 2.33. The molecule has 1 saturated carbocycles. The minimum Gasteiger partial charge on any atom is -0.310 e. The summed E-state index contributed by atoms with van der Waals surface area (Å²) in [7, 11) is 0. The van der Waals surface area contributed by atoms with E-state index in [0.717, 1.165) is 5.75 Å². The van der Waals surface area contributed by atoms with Gasteiger partial charge in [0.2, 0.25) is 5.92 Å². The van der Waals surface area contributed by atoms with Gasteiger partial charge in [-0.15, -0.1) is 0 Å². The van der Waals surface area contributed by atoms with Crippen LogP contribution in [0.2, 0.25) is 0 Å². The fraction of sp³-hybridized carbons (Fsp3) is 1.00. The molecule has 0 aromatic rings. The van der Waals surface area contributed by atoms with Gasteiger partial charge >= 0.3 is 0 Å². The molecular weight excluding hydrogens is 204 g/mol. The Balaban J connectivity index is 1.72. The Morgan fingerprint density at radius 1 is 1.07 bits per heavy atom. The highest BCUT2D eigenvalue weighted by molar-refractivity contribution is 7.99. The second-order valence-corrected chi connectivity index (χ2v) is 5.51. The molecule has 1 saturated heterocycles. The first-order valence-corrected chi connectivity index (χ1v) is 6.53. The van der Waals surface area contributed by atoms with E-state index in [2.05, 4.69) is 5.32 Å². The second kappa shape index (κ2) is 4.35. The monoisotopic (exact) mass is 221 g/mol. The van der Waals surface area contributed by atoms with Gasteiger partial charge in [0.05, 0.1) is 0 Å². The van der Waals surface area contributed by atoms with E-state index in [0.29, 0.717) is 24.9 Å². The maximum Gasteiger partial charge on any atom is 0.248 e. The first-order valence-electron chi connectivity index (χ1n) is 5.37. The van der Waals surface area contributed by atoms with Crippen LogP contribution in [0.25, 0.3) is 0 Å². The quantitative estimate of drug-likeness (QED) is 0.769. The fourth-order valence-corrected chi connectivity index (χ4v) is 3.37. The van der Waals surface area contributed by atoms with Crippen LogP contribution in [0.1, 0.15) is 32.1 Å². The van der Waals surface area contributed by atoms with Gasteiger partial charge in [0.15, 0.2) is 0 Å². The molecule has 0 radical (unpaired) electrons. The van der Waals surface area contributed by atoms with E-state index in [4.69, 9.17) is 0 Å². The SMILES string of the molecule is FC1(F)CCC(N[C@@H]2CCSC2)CC1. The highest BCUT2D eigenvalue weighted by atomic mass is 32.2. The Hall–Kier alpha value is 0.170. The van der Waals surface area contributed by atoms with E-state index in [1.54, 1.807) is 0 Å². The zero-order valence-corrected chi connectivity index (χ0v) is 9.09. The third-order valence-electron chi connectivity index (χ3n) is 3.12. The minimum absolute atomic E-state index is 0.0739. The molecule has 0 aromatic heterocycles. The predicted molar refractivity (Wildman–Crippen MR) is 56.1 cm³/mol. The van der Waals surface area contributed by atoms with Gasteiger partial charge in [-0.1, -0.05) is 0 Å². The molecule has 2 rings (SSSR count). The number of rotatable bonds is 2. The smallest absolute Gasteiger partial charge is 0.248 e. The summed E-state index contributed by atoms with van der Waals surface area (Å²) in [5, 5.41) is 3.50. The highest BCUT2D eigenvalue weighted by Gasteiger charge is 2.35. The van der Waals surface area contributed by atoms with Crippen molar-refractivity contribution in [3.05, 3.63) is 0 Å². The molecular formula is C10H17F2NS. The molecule has 1 aliphatic heterocycles. The average Bonchev–Trinajstić information content (AvgIpc) is 2.61. The van der Waals surface area contributed by atoms with E-state index in [1.807, 2.05) is 11.8 Å². The Morgan fingerprint density at radius 2 is 1.79 bits per heavy atom.